The molecular weight excluding hydrogens is 324 g/mol. The van der Waals surface area contributed by atoms with E-state index < -0.39 is 10.0 Å². The van der Waals surface area contributed by atoms with E-state index in [2.05, 4.69) is 9.71 Å². The smallest absolute Gasteiger partial charge is 0.261 e. The summed E-state index contributed by atoms with van der Waals surface area (Å²) in [6, 6.07) is 14.0. The number of pyridine rings is 1. The van der Waals surface area contributed by atoms with Crippen molar-refractivity contribution < 1.29 is 13.2 Å². The fraction of sp³-hybridized carbons (Fsp3) is 0.167. The minimum Gasteiger partial charge on any atom is -0.496 e. The number of para-hydroxylation sites is 1. The average molecular weight is 342 g/mol. The summed E-state index contributed by atoms with van der Waals surface area (Å²) in [6.45, 7) is 1.95. The van der Waals surface area contributed by atoms with E-state index in [4.69, 9.17) is 4.74 Å². The van der Waals surface area contributed by atoms with Crippen LogP contribution in [0.2, 0.25) is 0 Å². The van der Waals surface area contributed by atoms with Gasteiger partial charge in [0.1, 0.15) is 5.75 Å². The number of nitrogens with one attached hydrogen (secondary N) is 1. The third-order valence-electron chi connectivity index (χ3n) is 3.82. The number of benzene rings is 2. The number of anilines is 1. The summed E-state index contributed by atoms with van der Waals surface area (Å²) < 4.78 is 33.4. The van der Waals surface area contributed by atoms with Crippen LogP contribution < -0.4 is 9.46 Å². The normalized spacial score (nSPS) is 11.4. The van der Waals surface area contributed by atoms with Gasteiger partial charge in [0.2, 0.25) is 0 Å². The molecule has 0 aliphatic heterocycles. The van der Waals surface area contributed by atoms with Gasteiger partial charge in [-0.3, -0.25) is 9.71 Å². The summed E-state index contributed by atoms with van der Waals surface area (Å²) >= 11 is 0. The Hall–Kier alpha value is -2.60. The number of hydrogen-bond donors (Lipinski definition) is 1. The summed E-state index contributed by atoms with van der Waals surface area (Å²) in [5, 5.41) is 0.877. The van der Waals surface area contributed by atoms with Gasteiger partial charge in [-0.05, 0) is 42.3 Å². The Morgan fingerprint density at radius 3 is 2.67 bits per heavy atom. The highest BCUT2D eigenvalue weighted by molar-refractivity contribution is 7.92. The predicted octanol–water partition coefficient (Wildman–Crippen LogP) is 3.61. The fourth-order valence-corrected chi connectivity index (χ4v) is 3.71. The molecule has 1 heterocycles. The molecule has 0 saturated heterocycles. The lowest BCUT2D eigenvalue weighted by Crippen LogP contribution is -2.14. The highest BCUT2D eigenvalue weighted by Crippen LogP contribution is 2.26. The topological polar surface area (TPSA) is 68.3 Å². The number of nitrogens with zero attached hydrogens (tertiary/aromatic N) is 1. The predicted molar refractivity (Wildman–Crippen MR) is 94.9 cm³/mol. The molecular formula is C18H18N2O3S. The van der Waals surface area contributed by atoms with Crippen molar-refractivity contribution in [3.63, 3.8) is 0 Å². The number of methoxy groups -OCH3 is 1. The van der Waals surface area contributed by atoms with Crippen LogP contribution in [0.25, 0.3) is 10.9 Å². The molecule has 0 saturated carbocycles. The maximum absolute atomic E-state index is 12.7. The molecule has 1 aromatic heterocycles. The number of hydrogen-bond acceptors (Lipinski definition) is 4. The highest BCUT2D eigenvalue weighted by atomic mass is 32.2. The standard InChI is InChI=1S/C18H18N2O3S/c1-3-13-12-15(9-10-17(13)23-2)24(21,22)20-16-8-4-6-14-7-5-11-19-18(14)16/h4-12,20H,3H2,1-2H3. The van der Waals surface area contributed by atoms with Gasteiger partial charge >= 0.3 is 0 Å². The van der Waals surface area contributed by atoms with Crippen molar-refractivity contribution in [2.45, 2.75) is 18.2 Å². The number of aromatic nitrogens is 1. The molecule has 0 unspecified atom stereocenters. The van der Waals surface area contributed by atoms with Crippen molar-refractivity contribution in [1.82, 2.24) is 4.98 Å². The molecule has 24 heavy (non-hydrogen) atoms. The van der Waals surface area contributed by atoms with E-state index in [9.17, 15) is 8.42 Å². The zero-order valence-electron chi connectivity index (χ0n) is 13.5. The highest BCUT2D eigenvalue weighted by Gasteiger charge is 2.17. The Bertz CT molecular complexity index is 979. The van der Waals surface area contributed by atoms with Gasteiger partial charge in [-0.2, -0.15) is 0 Å². The van der Waals surface area contributed by atoms with Crippen LogP contribution in [0.3, 0.4) is 0 Å². The molecule has 0 spiro atoms. The molecule has 0 atom stereocenters. The molecule has 6 heteroatoms. The van der Waals surface area contributed by atoms with Gasteiger partial charge in [0.25, 0.3) is 10.0 Å². The van der Waals surface area contributed by atoms with Gasteiger partial charge in [-0.15, -0.1) is 0 Å². The average Bonchev–Trinajstić information content (AvgIpc) is 2.61. The van der Waals surface area contributed by atoms with Crippen LogP contribution in [0, 0.1) is 0 Å². The molecule has 0 radical (unpaired) electrons. The summed E-state index contributed by atoms with van der Waals surface area (Å²) in [4.78, 5) is 4.48. The Morgan fingerprint density at radius 1 is 1.12 bits per heavy atom. The van der Waals surface area contributed by atoms with Crippen LogP contribution in [-0.2, 0) is 16.4 Å². The number of sulfonamides is 1. The quantitative estimate of drug-likeness (QED) is 0.769. The Morgan fingerprint density at radius 2 is 1.92 bits per heavy atom. The molecule has 5 nitrogen and oxygen atoms in total. The second-order valence-electron chi connectivity index (χ2n) is 5.31. The van der Waals surface area contributed by atoms with Crippen molar-refractivity contribution in [3.05, 3.63) is 60.3 Å². The minimum atomic E-state index is -3.71. The van der Waals surface area contributed by atoms with E-state index in [1.54, 1.807) is 43.6 Å². The fourth-order valence-electron chi connectivity index (χ4n) is 2.59. The van der Waals surface area contributed by atoms with E-state index in [1.165, 1.54) is 0 Å². The van der Waals surface area contributed by atoms with Crippen LogP contribution >= 0.6 is 0 Å². The largest absolute Gasteiger partial charge is 0.496 e. The summed E-state index contributed by atoms with van der Waals surface area (Å²) in [7, 11) is -2.14. The zero-order valence-corrected chi connectivity index (χ0v) is 14.3. The Balaban J connectivity index is 2.02. The molecule has 3 aromatic rings. The van der Waals surface area contributed by atoms with Crippen molar-refractivity contribution in [2.24, 2.45) is 0 Å². The molecule has 0 aliphatic carbocycles. The van der Waals surface area contributed by atoms with Crippen LogP contribution in [-0.4, -0.2) is 20.5 Å². The molecule has 1 N–H and O–H groups in total. The van der Waals surface area contributed by atoms with Crippen LogP contribution in [0.4, 0.5) is 5.69 Å². The van der Waals surface area contributed by atoms with Gasteiger partial charge in [-0.1, -0.05) is 25.1 Å². The second-order valence-corrected chi connectivity index (χ2v) is 7.00. The lowest BCUT2D eigenvalue weighted by molar-refractivity contribution is 0.409. The van der Waals surface area contributed by atoms with Crippen molar-refractivity contribution in [2.75, 3.05) is 11.8 Å². The molecule has 0 bridgehead atoms. The van der Waals surface area contributed by atoms with E-state index in [1.807, 2.05) is 25.1 Å². The molecule has 2 aromatic carbocycles. The SMILES string of the molecule is CCc1cc(S(=O)(=O)Nc2cccc3cccnc23)ccc1OC. The maximum atomic E-state index is 12.7. The maximum Gasteiger partial charge on any atom is 0.261 e. The molecule has 0 amide bonds. The third-order valence-corrected chi connectivity index (χ3v) is 5.18. The number of rotatable bonds is 5. The minimum absolute atomic E-state index is 0.202. The van der Waals surface area contributed by atoms with E-state index in [-0.39, 0.29) is 4.90 Å². The van der Waals surface area contributed by atoms with Crippen molar-refractivity contribution >= 4 is 26.6 Å². The first-order valence-corrected chi connectivity index (χ1v) is 9.07. The van der Waals surface area contributed by atoms with Gasteiger partial charge in [0.05, 0.1) is 23.2 Å². The first kappa shape index (κ1) is 16.3. The van der Waals surface area contributed by atoms with Crippen LogP contribution in [0.15, 0.2) is 59.6 Å². The Kier molecular flexibility index (Phi) is 4.40. The van der Waals surface area contributed by atoms with Gasteiger partial charge in [0.15, 0.2) is 0 Å². The monoisotopic (exact) mass is 342 g/mol. The van der Waals surface area contributed by atoms with Gasteiger partial charge < -0.3 is 4.74 Å². The van der Waals surface area contributed by atoms with Crippen molar-refractivity contribution in [1.29, 1.82) is 0 Å². The zero-order chi connectivity index (χ0) is 17.2. The number of aryl methyl sites for hydroxylation is 1. The third kappa shape index (κ3) is 3.05. The van der Waals surface area contributed by atoms with Gasteiger partial charge in [0, 0.05) is 11.6 Å². The lowest BCUT2D eigenvalue weighted by atomic mass is 10.1. The van der Waals surface area contributed by atoms with E-state index >= 15 is 0 Å². The first-order chi connectivity index (χ1) is 11.5. The summed E-state index contributed by atoms with van der Waals surface area (Å²) in [6.07, 6.45) is 2.32. The molecule has 0 aliphatic rings. The van der Waals surface area contributed by atoms with E-state index in [0.717, 1.165) is 10.9 Å². The lowest BCUT2D eigenvalue weighted by Gasteiger charge is -2.12. The van der Waals surface area contributed by atoms with Crippen LogP contribution in [0.1, 0.15) is 12.5 Å². The summed E-state index contributed by atoms with van der Waals surface area (Å²) in [5.41, 5.74) is 1.92. The number of fused-ring (bicyclic) bond motifs is 1. The number of ether oxygens (including phenoxy) is 1. The molecule has 124 valence electrons. The Labute approximate surface area is 141 Å². The summed E-state index contributed by atoms with van der Waals surface area (Å²) in [5.74, 6) is 0.684. The van der Waals surface area contributed by atoms with Gasteiger partial charge in [-0.25, -0.2) is 8.42 Å². The second kappa shape index (κ2) is 6.49. The van der Waals surface area contributed by atoms with E-state index in [0.29, 0.717) is 23.4 Å². The molecule has 3 rings (SSSR count). The first-order valence-electron chi connectivity index (χ1n) is 7.58. The van der Waals surface area contributed by atoms with Crippen molar-refractivity contribution in [3.8, 4) is 5.75 Å². The molecule has 0 fully saturated rings. The van der Waals surface area contributed by atoms with Crippen LogP contribution in [0.5, 0.6) is 5.75 Å².